The third kappa shape index (κ3) is 3.17. The van der Waals surface area contributed by atoms with E-state index in [2.05, 4.69) is 5.32 Å². The fourth-order valence-corrected chi connectivity index (χ4v) is 2.04. The molecule has 1 atom stereocenters. The number of carbonyl (C=O) groups is 2. The van der Waals surface area contributed by atoms with Gasteiger partial charge >= 0.3 is 12.0 Å². The van der Waals surface area contributed by atoms with Crippen molar-refractivity contribution in [1.82, 2.24) is 10.2 Å². The highest BCUT2D eigenvalue weighted by Gasteiger charge is 2.35. The molecule has 0 saturated carbocycles. The van der Waals surface area contributed by atoms with Crippen LogP contribution in [0.5, 0.6) is 0 Å². The molecule has 1 aliphatic rings. The van der Waals surface area contributed by atoms with E-state index in [4.69, 9.17) is 16.7 Å². The Balaban J connectivity index is 1.86. The van der Waals surface area contributed by atoms with E-state index >= 15 is 0 Å². The molecule has 2 amide bonds. The van der Waals surface area contributed by atoms with Gasteiger partial charge in [-0.3, -0.25) is 4.79 Å². The number of benzene rings is 1. The molecule has 0 bridgehead atoms. The molecule has 1 aromatic carbocycles. The zero-order valence-electron chi connectivity index (χ0n) is 10.5. The second kappa shape index (κ2) is 5.48. The lowest BCUT2D eigenvalue weighted by atomic mass is 10.0. The number of rotatable bonds is 3. The van der Waals surface area contributed by atoms with Crippen LogP contribution in [0.15, 0.2) is 24.3 Å². The van der Waals surface area contributed by atoms with E-state index in [1.165, 1.54) is 4.90 Å². The minimum absolute atomic E-state index is 0.145. The lowest BCUT2D eigenvalue weighted by molar-refractivity contribution is -0.146. The number of aliphatic carboxylic acids is 1. The third-order valence-electron chi connectivity index (χ3n) is 3.23. The number of carboxylic acid groups (broad SMARTS) is 1. The van der Waals surface area contributed by atoms with Crippen LogP contribution in [0.2, 0.25) is 5.02 Å². The molecular weight excluding hydrogens is 268 g/mol. The monoisotopic (exact) mass is 282 g/mol. The van der Waals surface area contributed by atoms with Crippen LogP contribution < -0.4 is 5.32 Å². The standard InChI is InChI=1S/C13H15ClN2O3/c1-8(9-2-4-11(14)5-3-9)15-13(19)16-6-10(7-16)12(17)18/h2-5,8,10H,6-7H2,1H3,(H,15,19)(H,17,18). The quantitative estimate of drug-likeness (QED) is 0.892. The second-order valence-corrected chi connectivity index (χ2v) is 5.10. The summed E-state index contributed by atoms with van der Waals surface area (Å²) in [5.41, 5.74) is 0.952. The number of hydrogen-bond donors (Lipinski definition) is 2. The number of carboxylic acids is 1. The van der Waals surface area contributed by atoms with Crippen LogP contribution in [-0.4, -0.2) is 35.1 Å². The van der Waals surface area contributed by atoms with Gasteiger partial charge in [0, 0.05) is 18.1 Å². The van der Waals surface area contributed by atoms with Crippen molar-refractivity contribution in [3.63, 3.8) is 0 Å². The van der Waals surface area contributed by atoms with Crippen LogP contribution in [0.1, 0.15) is 18.5 Å². The Bertz CT molecular complexity index is 483. The highest BCUT2D eigenvalue weighted by molar-refractivity contribution is 6.30. The maximum Gasteiger partial charge on any atom is 0.317 e. The van der Waals surface area contributed by atoms with Crippen molar-refractivity contribution >= 4 is 23.6 Å². The number of hydrogen-bond acceptors (Lipinski definition) is 2. The van der Waals surface area contributed by atoms with Crippen molar-refractivity contribution in [2.24, 2.45) is 5.92 Å². The van der Waals surface area contributed by atoms with E-state index in [0.29, 0.717) is 5.02 Å². The summed E-state index contributed by atoms with van der Waals surface area (Å²) in [6, 6.07) is 6.86. The van der Waals surface area contributed by atoms with E-state index in [9.17, 15) is 9.59 Å². The molecule has 19 heavy (non-hydrogen) atoms. The van der Waals surface area contributed by atoms with Gasteiger partial charge in [-0.25, -0.2) is 4.79 Å². The molecule has 0 aromatic heterocycles. The Hall–Kier alpha value is -1.75. The normalized spacial score (nSPS) is 16.6. The Kier molecular flexibility index (Phi) is 3.95. The predicted octanol–water partition coefficient (Wildman–Crippen LogP) is 2.13. The number of nitrogens with zero attached hydrogens (tertiary/aromatic N) is 1. The fraction of sp³-hybridized carbons (Fsp3) is 0.385. The molecule has 1 heterocycles. The lowest BCUT2D eigenvalue weighted by Crippen LogP contribution is -2.56. The molecule has 0 aliphatic carbocycles. The SMILES string of the molecule is CC(NC(=O)N1CC(C(=O)O)C1)c1ccc(Cl)cc1. The molecular formula is C13H15ClN2O3. The van der Waals surface area contributed by atoms with Crippen molar-refractivity contribution in [1.29, 1.82) is 0 Å². The van der Waals surface area contributed by atoms with Crippen LogP contribution in [0, 0.1) is 5.92 Å². The molecule has 1 aromatic rings. The summed E-state index contributed by atoms with van der Waals surface area (Å²) in [7, 11) is 0. The fourth-order valence-electron chi connectivity index (χ4n) is 1.91. The summed E-state index contributed by atoms with van der Waals surface area (Å²) in [5, 5.41) is 12.2. The zero-order chi connectivity index (χ0) is 14.0. The summed E-state index contributed by atoms with van der Waals surface area (Å²) in [5.74, 6) is -1.29. The van der Waals surface area contributed by atoms with Gasteiger partial charge in [-0.05, 0) is 24.6 Å². The molecule has 2 N–H and O–H groups in total. The van der Waals surface area contributed by atoms with E-state index in [1.807, 2.05) is 19.1 Å². The van der Waals surface area contributed by atoms with Crippen LogP contribution in [0.25, 0.3) is 0 Å². The molecule has 6 heteroatoms. The molecule has 1 fully saturated rings. The number of amides is 2. The van der Waals surface area contributed by atoms with Crippen molar-refractivity contribution < 1.29 is 14.7 Å². The van der Waals surface area contributed by atoms with Gasteiger partial charge in [0.15, 0.2) is 0 Å². The largest absolute Gasteiger partial charge is 0.481 e. The van der Waals surface area contributed by atoms with Crippen LogP contribution in [0.3, 0.4) is 0 Å². The van der Waals surface area contributed by atoms with E-state index < -0.39 is 11.9 Å². The molecule has 1 saturated heterocycles. The molecule has 5 nitrogen and oxygen atoms in total. The van der Waals surface area contributed by atoms with E-state index in [-0.39, 0.29) is 25.2 Å². The van der Waals surface area contributed by atoms with E-state index in [1.54, 1.807) is 12.1 Å². The van der Waals surface area contributed by atoms with Crippen LogP contribution in [0.4, 0.5) is 4.79 Å². The van der Waals surface area contributed by atoms with Crippen molar-refractivity contribution in [3.05, 3.63) is 34.9 Å². The molecule has 1 unspecified atom stereocenters. The number of nitrogens with one attached hydrogen (secondary N) is 1. The minimum atomic E-state index is -0.852. The molecule has 102 valence electrons. The van der Waals surface area contributed by atoms with Crippen molar-refractivity contribution in [2.75, 3.05) is 13.1 Å². The summed E-state index contributed by atoms with van der Waals surface area (Å²) in [6.45, 7) is 2.42. The zero-order valence-corrected chi connectivity index (χ0v) is 11.2. The first-order valence-corrected chi connectivity index (χ1v) is 6.39. The number of likely N-dealkylation sites (tertiary alicyclic amines) is 1. The second-order valence-electron chi connectivity index (χ2n) is 4.66. The predicted molar refractivity (Wildman–Crippen MR) is 71.1 cm³/mol. The molecule has 1 aliphatic heterocycles. The number of urea groups is 1. The van der Waals surface area contributed by atoms with Gasteiger partial charge in [0.25, 0.3) is 0 Å². The Morgan fingerprint density at radius 1 is 1.37 bits per heavy atom. The van der Waals surface area contributed by atoms with Crippen molar-refractivity contribution in [2.45, 2.75) is 13.0 Å². The van der Waals surface area contributed by atoms with Crippen molar-refractivity contribution in [3.8, 4) is 0 Å². The summed E-state index contributed by atoms with van der Waals surface area (Å²) >= 11 is 5.80. The van der Waals surface area contributed by atoms with Gasteiger partial charge in [-0.2, -0.15) is 0 Å². The topological polar surface area (TPSA) is 69.6 Å². The average Bonchev–Trinajstić information content (AvgIpc) is 2.26. The smallest absolute Gasteiger partial charge is 0.317 e. The van der Waals surface area contributed by atoms with Gasteiger partial charge in [0.05, 0.1) is 12.0 Å². The highest BCUT2D eigenvalue weighted by atomic mass is 35.5. The summed E-state index contributed by atoms with van der Waals surface area (Å²) < 4.78 is 0. The van der Waals surface area contributed by atoms with Crippen LogP contribution in [-0.2, 0) is 4.79 Å². The number of carbonyl (C=O) groups excluding carboxylic acids is 1. The van der Waals surface area contributed by atoms with Gasteiger partial charge in [0.2, 0.25) is 0 Å². The third-order valence-corrected chi connectivity index (χ3v) is 3.48. The maximum atomic E-state index is 11.8. The van der Waals surface area contributed by atoms with Gasteiger partial charge in [-0.15, -0.1) is 0 Å². The Morgan fingerprint density at radius 3 is 2.47 bits per heavy atom. The highest BCUT2D eigenvalue weighted by Crippen LogP contribution is 2.19. The lowest BCUT2D eigenvalue weighted by Gasteiger charge is -2.37. The first-order valence-electron chi connectivity index (χ1n) is 6.01. The summed E-state index contributed by atoms with van der Waals surface area (Å²) in [4.78, 5) is 24.0. The number of halogens is 1. The molecule has 0 spiro atoms. The van der Waals surface area contributed by atoms with Gasteiger partial charge in [-0.1, -0.05) is 23.7 Å². The Morgan fingerprint density at radius 2 is 1.95 bits per heavy atom. The van der Waals surface area contributed by atoms with Crippen LogP contribution >= 0.6 is 11.6 Å². The Labute approximate surface area is 116 Å². The summed E-state index contributed by atoms with van der Waals surface area (Å²) in [6.07, 6.45) is 0. The maximum absolute atomic E-state index is 11.8. The van der Waals surface area contributed by atoms with E-state index in [0.717, 1.165) is 5.56 Å². The average molecular weight is 283 g/mol. The van der Waals surface area contributed by atoms with Gasteiger partial charge < -0.3 is 15.3 Å². The van der Waals surface area contributed by atoms with Gasteiger partial charge in [0.1, 0.15) is 0 Å². The minimum Gasteiger partial charge on any atom is -0.481 e. The molecule has 2 rings (SSSR count). The first kappa shape index (κ1) is 13.7. The first-order chi connectivity index (χ1) is 8.97. The molecule has 0 radical (unpaired) electrons.